The average Bonchev–Trinajstić information content (AvgIpc) is 3.44. The van der Waals surface area contributed by atoms with Gasteiger partial charge < -0.3 is 28.9 Å². The van der Waals surface area contributed by atoms with Crippen molar-refractivity contribution in [2.45, 2.75) is 55.8 Å². The van der Waals surface area contributed by atoms with E-state index in [1.165, 1.54) is 50.5 Å². The van der Waals surface area contributed by atoms with E-state index in [-0.39, 0.29) is 11.6 Å². The number of aromatic nitrogens is 4. The van der Waals surface area contributed by atoms with Crippen molar-refractivity contribution in [1.29, 1.82) is 0 Å². The van der Waals surface area contributed by atoms with Gasteiger partial charge in [0, 0.05) is 5.02 Å². The van der Waals surface area contributed by atoms with Crippen LogP contribution >= 0.6 is 19.3 Å². The standard InChI is InChI=1S/C24H29ClN5O9P/c1-23(33)18(31)16(38-21(23)30-13-28-17-19(30)26-12-27-20(17)35-2)11-37-40(34,39-15-7-5-14(25)6-8-15)29-24(9-4-10-24)22(32)36-3/h5-8,12-13,16,18,21,31,33H,4,9-11H2,1-3H3,(H,29,34)/t16?,18-,21?,23-,40?/m1/s1. The second-order valence-corrected chi connectivity index (χ2v) is 11.9. The van der Waals surface area contributed by atoms with Crippen molar-refractivity contribution in [3.63, 3.8) is 0 Å². The Labute approximate surface area is 234 Å². The lowest BCUT2D eigenvalue weighted by molar-refractivity contribution is -0.151. The molecule has 2 aromatic heterocycles. The summed E-state index contributed by atoms with van der Waals surface area (Å²) in [6, 6.07) is 6.07. The highest BCUT2D eigenvalue weighted by molar-refractivity contribution is 7.52. The first-order valence-corrected chi connectivity index (χ1v) is 14.3. The van der Waals surface area contributed by atoms with E-state index in [1.54, 1.807) is 12.1 Å². The molecule has 1 aliphatic carbocycles. The normalized spacial score (nSPS) is 27.1. The van der Waals surface area contributed by atoms with Gasteiger partial charge in [-0.25, -0.2) is 14.5 Å². The van der Waals surface area contributed by atoms with Crippen LogP contribution in [0.5, 0.6) is 11.6 Å². The fourth-order valence-electron chi connectivity index (χ4n) is 4.77. The van der Waals surface area contributed by atoms with E-state index in [2.05, 4.69) is 20.0 Å². The Bertz CT molecular complexity index is 1430. The van der Waals surface area contributed by atoms with Crippen molar-refractivity contribution in [2.24, 2.45) is 0 Å². The van der Waals surface area contributed by atoms with Crippen LogP contribution in [0.15, 0.2) is 36.9 Å². The van der Waals surface area contributed by atoms with E-state index >= 15 is 0 Å². The Balaban J connectivity index is 1.39. The van der Waals surface area contributed by atoms with Gasteiger partial charge in [-0.15, -0.1) is 0 Å². The number of nitrogens with one attached hydrogen (secondary N) is 1. The Morgan fingerprint density at radius 1 is 1.25 bits per heavy atom. The molecular formula is C24H29ClN5O9P. The van der Waals surface area contributed by atoms with Gasteiger partial charge in [0.2, 0.25) is 5.88 Å². The Hall–Kier alpha value is -2.84. The van der Waals surface area contributed by atoms with E-state index in [9.17, 15) is 19.6 Å². The van der Waals surface area contributed by atoms with Gasteiger partial charge in [-0.2, -0.15) is 10.1 Å². The van der Waals surface area contributed by atoms with Crippen molar-refractivity contribution in [3.8, 4) is 11.6 Å². The molecule has 1 aliphatic heterocycles. The van der Waals surface area contributed by atoms with Gasteiger partial charge in [0.1, 0.15) is 35.4 Å². The Kier molecular flexibility index (Phi) is 7.79. The molecule has 1 saturated heterocycles. The van der Waals surface area contributed by atoms with Gasteiger partial charge in [0.15, 0.2) is 17.4 Å². The maximum absolute atomic E-state index is 14.0. The minimum atomic E-state index is -4.28. The average molecular weight is 598 g/mol. The van der Waals surface area contributed by atoms with Crippen LogP contribution in [-0.4, -0.2) is 79.9 Å². The zero-order valence-corrected chi connectivity index (χ0v) is 23.5. The molecule has 5 rings (SSSR count). The Morgan fingerprint density at radius 3 is 2.60 bits per heavy atom. The van der Waals surface area contributed by atoms with Crippen LogP contribution in [0.4, 0.5) is 0 Å². The van der Waals surface area contributed by atoms with E-state index in [4.69, 9.17) is 34.9 Å². The van der Waals surface area contributed by atoms with Gasteiger partial charge in [0.25, 0.3) is 0 Å². The number of fused-ring (bicyclic) bond motifs is 1. The first-order chi connectivity index (χ1) is 19.0. The molecule has 2 fully saturated rings. The third-order valence-electron chi connectivity index (χ3n) is 7.11. The van der Waals surface area contributed by atoms with E-state index in [0.29, 0.717) is 35.4 Å². The Morgan fingerprint density at radius 2 is 1.98 bits per heavy atom. The number of hydrogen-bond donors (Lipinski definition) is 3. The number of hydrogen-bond acceptors (Lipinski definition) is 12. The predicted molar refractivity (Wildman–Crippen MR) is 140 cm³/mol. The number of aliphatic hydroxyl groups is 2. The van der Waals surface area contributed by atoms with Crippen molar-refractivity contribution in [1.82, 2.24) is 24.6 Å². The molecule has 0 radical (unpaired) electrons. The van der Waals surface area contributed by atoms with Crippen LogP contribution in [0, 0.1) is 0 Å². The summed E-state index contributed by atoms with van der Waals surface area (Å²) in [5.74, 6) is -0.216. The number of benzene rings is 1. The van der Waals surface area contributed by atoms with Crippen molar-refractivity contribution in [2.75, 3.05) is 20.8 Å². The van der Waals surface area contributed by atoms with Gasteiger partial charge in [0.05, 0.1) is 27.2 Å². The van der Waals surface area contributed by atoms with Crippen LogP contribution in [-0.2, 0) is 23.4 Å². The molecule has 216 valence electrons. The minimum Gasteiger partial charge on any atom is -0.479 e. The van der Waals surface area contributed by atoms with Gasteiger partial charge in [-0.05, 0) is 50.5 Å². The van der Waals surface area contributed by atoms with Crippen molar-refractivity contribution in [3.05, 3.63) is 41.9 Å². The molecule has 1 aromatic carbocycles. The maximum atomic E-state index is 14.0. The predicted octanol–water partition coefficient (Wildman–Crippen LogP) is 2.39. The molecular weight excluding hydrogens is 569 g/mol. The number of rotatable bonds is 10. The molecule has 0 amide bonds. The number of methoxy groups -OCH3 is 2. The number of halogens is 1. The molecule has 3 aromatic rings. The number of esters is 1. The zero-order valence-electron chi connectivity index (χ0n) is 21.9. The number of carbonyl (C=O) groups is 1. The molecule has 14 nitrogen and oxygen atoms in total. The number of nitrogens with zero attached hydrogens (tertiary/aromatic N) is 4. The van der Waals surface area contributed by atoms with Gasteiger partial charge >= 0.3 is 13.7 Å². The molecule has 1 saturated carbocycles. The smallest absolute Gasteiger partial charge is 0.459 e. The van der Waals surface area contributed by atoms with E-state index in [1.807, 2.05) is 0 Å². The van der Waals surface area contributed by atoms with Crippen LogP contribution < -0.4 is 14.3 Å². The third-order valence-corrected chi connectivity index (χ3v) is 9.00. The van der Waals surface area contributed by atoms with E-state index < -0.39 is 49.9 Å². The van der Waals surface area contributed by atoms with Gasteiger partial charge in [-0.3, -0.25) is 13.9 Å². The summed E-state index contributed by atoms with van der Waals surface area (Å²) < 4.78 is 43.1. The molecule has 16 heteroatoms. The zero-order chi connectivity index (χ0) is 28.7. The molecule has 2 aliphatic rings. The summed E-state index contributed by atoms with van der Waals surface area (Å²) in [6.07, 6.45) is 0.257. The first kappa shape index (κ1) is 28.7. The van der Waals surface area contributed by atoms with Crippen LogP contribution in [0.3, 0.4) is 0 Å². The summed E-state index contributed by atoms with van der Waals surface area (Å²) >= 11 is 5.96. The molecule has 3 heterocycles. The maximum Gasteiger partial charge on any atom is 0.459 e. The number of carbonyl (C=O) groups excluding carboxylic acids is 1. The van der Waals surface area contributed by atoms with E-state index in [0.717, 1.165) is 0 Å². The second-order valence-electron chi connectivity index (χ2n) is 9.78. The van der Waals surface area contributed by atoms with Crippen LogP contribution in [0.25, 0.3) is 11.2 Å². The lowest BCUT2D eigenvalue weighted by Crippen LogP contribution is -2.57. The highest BCUT2D eigenvalue weighted by Crippen LogP contribution is 2.51. The molecule has 40 heavy (non-hydrogen) atoms. The van der Waals surface area contributed by atoms with Crippen molar-refractivity contribution >= 4 is 36.5 Å². The third kappa shape index (κ3) is 5.16. The molecule has 3 N–H and O–H groups in total. The highest BCUT2D eigenvalue weighted by atomic mass is 35.5. The van der Waals surface area contributed by atoms with Gasteiger partial charge in [-0.1, -0.05) is 11.6 Å². The highest BCUT2D eigenvalue weighted by Gasteiger charge is 2.55. The molecule has 5 atom stereocenters. The largest absolute Gasteiger partial charge is 0.479 e. The molecule has 3 unspecified atom stereocenters. The SMILES string of the molecule is COC(=O)C1(NP(=O)(OCC2OC(n3cnc4c(OC)ncnc43)[C@](C)(O)[C@@H]2O)Oc2ccc(Cl)cc2)CCC1. The van der Waals surface area contributed by atoms with Crippen LogP contribution in [0.1, 0.15) is 32.4 Å². The first-order valence-electron chi connectivity index (χ1n) is 12.4. The summed E-state index contributed by atoms with van der Waals surface area (Å²) in [7, 11) is -1.61. The summed E-state index contributed by atoms with van der Waals surface area (Å²) in [6.45, 7) is 0.906. The minimum absolute atomic E-state index is 0.163. The summed E-state index contributed by atoms with van der Waals surface area (Å²) in [4.78, 5) is 25.0. The summed E-state index contributed by atoms with van der Waals surface area (Å²) in [5.41, 5.74) is -2.48. The van der Waals surface area contributed by atoms with Crippen LogP contribution in [0.2, 0.25) is 5.02 Å². The fraction of sp³-hybridized carbons (Fsp3) is 0.500. The number of ether oxygens (including phenoxy) is 3. The fourth-order valence-corrected chi connectivity index (χ4v) is 6.64. The van der Waals surface area contributed by atoms with Crippen molar-refractivity contribution < 1.29 is 42.8 Å². The number of imidazole rings is 1. The quantitative estimate of drug-likeness (QED) is 0.229. The molecule has 0 bridgehead atoms. The second kappa shape index (κ2) is 10.9. The topological polar surface area (TPSA) is 176 Å². The lowest BCUT2D eigenvalue weighted by atomic mass is 9.78. The number of aliphatic hydroxyl groups excluding tert-OH is 1. The monoisotopic (exact) mass is 597 g/mol. The lowest BCUT2D eigenvalue weighted by Gasteiger charge is -2.41. The summed E-state index contributed by atoms with van der Waals surface area (Å²) in [5, 5.41) is 25.4. The molecule has 0 spiro atoms.